The molecule has 0 aliphatic carbocycles. The van der Waals surface area contributed by atoms with E-state index < -0.39 is 35.7 Å². The number of primary amides is 1. The van der Waals surface area contributed by atoms with Crippen molar-refractivity contribution in [1.82, 2.24) is 10.6 Å². The Morgan fingerprint density at radius 2 is 1.49 bits per heavy atom. The van der Waals surface area contributed by atoms with Crippen molar-refractivity contribution < 1.29 is 24.0 Å². The molecule has 0 unspecified atom stereocenters. The van der Waals surface area contributed by atoms with Crippen LogP contribution in [0, 0.1) is 23.7 Å². The minimum Gasteiger partial charge on any atom is -0.368 e. The van der Waals surface area contributed by atoms with Crippen molar-refractivity contribution in [1.29, 1.82) is 0 Å². The van der Waals surface area contributed by atoms with Gasteiger partial charge in [-0.2, -0.15) is 0 Å². The molecule has 8 heteroatoms. The largest absolute Gasteiger partial charge is 0.368 e. The maximum atomic E-state index is 13.4. The minimum atomic E-state index is -0.868. The number of hydrogen-bond acceptors (Lipinski definition) is 5. The lowest BCUT2D eigenvalue weighted by Gasteiger charge is -2.27. The van der Waals surface area contributed by atoms with Crippen LogP contribution in [-0.4, -0.2) is 41.4 Å². The Bertz CT molecular complexity index is 884. The second kappa shape index (κ2) is 14.4. The van der Waals surface area contributed by atoms with Crippen molar-refractivity contribution in [2.24, 2.45) is 29.4 Å². The maximum absolute atomic E-state index is 13.4. The molecule has 0 bridgehead atoms. The van der Waals surface area contributed by atoms with Gasteiger partial charge in [-0.15, -0.1) is 0 Å². The second-order valence-electron chi connectivity index (χ2n) is 9.77. The van der Waals surface area contributed by atoms with Gasteiger partial charge in [-0.25, -0.2) is 0 Å². The molecule has 0 radical (unpaired) electrons. The number of hydrogen-bond donors (Lipinski definition) is 3. The van der Waals surface area contributed by atoms with Gasteiger partial charge in [-0.3, -0.25) is 24.0 Å². The first-order chi connectivity index (χ1) is 16.4. The number of rotatable bonds is 15. The zero-order valence-corrected chi connectivity index (χ0v) is 21.8. The van der Waals surface area contributed by atoms with Crippen molar-refractivity contribution >= 4 is 29.3 Å². The minimum absolute atomic E-state index is 0.0108. The van der Waals surface area contributed by atoms with Crippen LogP contribution in [0.2, 0.25) is 0 Å². The van der Waals surface area contributed by atoms with Crippen LogP contribution >= 0.6 is 0 Å². The highest BCUT2D eigenvalue weighted by atomic mass is 16.2. The van der Waals surface area contributed by atoms with Crippen molar-refractivity contribution in [2.45, 2.75) is 79.3 Å². The molecule has 1 aromatic rings. The first-order valence-electron chi connectivity index (χ1n) is 12.3. The molecule has 0 saturated carbocycles. The third-order valence-electron chi connectivity index (χ3n) is 6.49. The van der Waals surface area contributed by atoms with Gasteiger partial charge in [0.05, 0.1) is 6.04 Å². The molecule has 8 nitrogen and oxygen atoms in total. The lowest BCUT2D eigenvalue weighted by Crippen LogP contribution is -2.46. The van der Waals surface area contributed by atoms with Crippen LogP contribution in [0.25, 0.3) is 0 Å². The summed E-state index contributed by atoms with van der Waals surface area (Å²) in [5.74, 6) is -3.28. The predicted octanol–water partition coefficient (Wildman–Crippen LogP) is 2.58. The Hall–Kier alpha value is -3.03. The molecule has 0 spiro atoms. The van der Waals surface area contributed by atoms with E-state index in [2.05, 4.69) is 10.6 Å². The molecule has 35 heavy (non-hydrogen) atoms. The zero-order valence-electron chi connectivity index (χ0n) is 21.8. The number of nitrogens with one attached hydrogen (secondary N) is 2. The van der Waals surface area contributed by atoms with E-state index in [-0.39, 0.29) is 42.2 Å². The van der Waals surface area contributed by atoms with Gasteiger partial charge >= 0.3 is 0 Å². The van der Waals surface area contributed by atoms with E-state index in [1.807, 2.05) is 58.0 Å². The molecule has 0 aliphatic heterocycles. The van der Waals surface area contributed by atoms with E-state index >= 15 is 0 Å². The van der Waals surface area contributed by atoms with Crippen LogP contribution < -0.4 is 16.4 Å². The Morgan fingerprint density at radius 3 is 1.97 bits per heavy atom. The normalized spacial score (nSPS) is 15.4. The van der Waals surface area contributed by atoms with Gasteiger partial charge in [-0.05, 0) is 30.7 Å². The SMILES string of the molecule is CC[C@H](C)[C@H](NC(C)=O)C(=O)C[C@H](C(=O)C[C@H](Cc1ccccc1)C(=O)N[C@@H](C)C(N)=O)C(C)C. The number of Topliss-reactive ketones (excluding diaryl/α,β-unsaturated/α-hetero) is 2. The van der Waals surface area contributed by atoms with Gasteiger partial charge in [-0.1, -0.05) is 64.4 Å². The van der Waals surface area contributed by atoms with Crippen molar-refractivity contribution in [3.63, 3.8) is 0 Å². The molecule has 4 N–H and O–H groups in total. The maximum Gasteiger partial charge on any atom is 0.239 e. The Kier molecular flexibility index (Phi) is 12.3. The third-order valence-corrected chi connectivity index (χ3v) is 6.49. The monoisotopic (exact) mass is 487 g/mol. The van der Waals surface area contributed by atoms with Crippen LogP contribution in [0.4, 0.5) is 0 Å². The molecule has 0 aliphatic rings. The van der Waals surface area contributed by atoms with E-state index in [1.54, 1.807) is 0 Å². The summed E-state index contributed by atoms with van der Waals surface area (Å²) >= 11 is 0. The third kappa shape index (κ3) is 10.0. The van der Waals surface area contributed by atoms with E-state index in [0.29, 0.717) is 12.8 Å². The van der Waals surface area contributed by atoms with Gasteiger partial charge in [0.2, 0.25) is 17.7 Å². The van der Waals surface area contributed by atoms with Crippen LogP contribution in [0.1, 0.15) is 66.4 Å². The fourth-order valence-corrected chi connectivity index (χ4v) is 4.01. The van der Waals surface area contributed by atoms with E-state index in [4.69, 9.17) is 5.73 Å². The molecule has 1 aromatic carbocycles. The van der Waals surface area contributed by atoms with Crippen molar-refractivity contribution in [2.75, 3.05) is 0 Å². The summed E-state index contributed by atoms with van der Waals surface area (Å²) in [5.41, 5.74) is 6.17. The van der Waals surface area contributed by atoms with Crippen LogP contribution in [0.15, 0.2) is 30.3 Å². The van der Waals surface area contributed by atoms with Crippen LogP contribution in [0.5, 0.6) is 0 Å². The van der Waals surface area contributed by atoms with Gasteiger partial charge in [0.15, 0.2) is 5.78 Å². The molecule has 3 amide bonds. The summed E-state index contributed by atoms with van der Waals surface area (Å²) in [7, 11) is 0. The molecular weight excluding hydrogens is 446 g/mol. The summed E-state index contributed by atoms with van der Waals surface area (Å²) < 4.78 is 0. The highest BCUT2D eigenvalue weighted by molar-refractivity contribution is 5.95. The number of nitrogens with two attached hydrogens (primary N) is 1. The second-order valence-corrected chi connectivity index (χ2v) is 9.77. The standard InChI is InChI=1S/C27H41N3O5/c1-7-17(4)25(30-19(6)31)24(33)15-22(16(2)3)23(32)14-21(13-20-11-9-8-10-12-20)27(35)29-18(5)26(28)34/h8-12,16-18,21-22,25H,7,13-15H2,1-6H3,(H2,28,34)(H,29,35)(H,30,31)/t17-,18-,21-,22-,25-/m0/s1. The lowest BCUT2D eigenvalue weighted by atomic mass is 9.79. The first kappa shape index (κ1) is 30.0. The zero-order chi connectivity index (χ0) is 26.7. The fourth-order valence-electron chi connectivity index (χ4n) is 4.01. The van der Waals surface area contributed by atoms with Gasteiger partial charge in [0.1, 0.15) is 11.8 Å². The fraction of sp³-hybridized carbons (Fsp3) is 0.593. The molecule has 5 atom stereocenters. The van der Waals surface area contributed by atoms with Crippen LogP contribution in [0.3, 0.4) is 0 Å². The first-order valence-corrected chi connectivity index (χ1v) is 12.3. The average molecular weight is 488 g/mol. The highest BCUT2D eigenvalue weighted by Crippen LogP contribution is 2.25. The molecule has 0 saturated heterocycles. The summed E-state index contributed by atoms with van der Waals surface area (Å²) in [4.78, 5) is 62.6. The summed E-state index contributed by atoms with van der Waals surface area (Å²) in [5, 5.41) is 5.33. The Labute approximate surface area is 208 Å². The number of carbonyl (C=O) groups is 5. The molecular formula is C27H41N3O5. The topological polar surface area (TPSA) is 135 Å². The number of benzene rings is 1. The van der Waals surface area contributed by atoms with Crippen molar-refractivity contribution in [3.05, 3.63) is 35.9 Å². The lowest BCUT2D eigenvalue weighted by molar-refractivity contribution is -0.135. The van der Waals surface area contributed by atoms with E-state index in [9.17, 15) is 24.0 Å². The van der Waals surface area contributed by atoms with E-state index in [0.717, 1.165) is 5.56 Å². The summed E-state index contributed by atoms with van der Waals surface area (Å²) in [6.45, 7) is 10.4. The quantitative estimate of drug-likeness (QED) is 0.349. The molecule has 1 rings (SSSR count). The number of carbonyl (C=O) groups excluding carboxylic acids is 5. The number of ketones is 2. The van der Waals surface area contributed by atoms with E-state index in [1.165, 1.54) is 13.8 Å². The molecule has 0 fully saturated rings. The van der Waals surface area contributed by atoms with Gasteiger partial charge in [0, 0.05) is 31.6 Å². The summed E-state index contributed by atoms with van der Waals surface area (Å²) in [6, 6.07) is 7.78. The van der Waals surface area contributed by atoms with Gasteiger partial charge < -0.3 is 16.4 Å². The molecule has 194 valence electrons. The highest BCUT2D eigenvalue weighted by Gasteiger charge is 2.34. The smallest absolute Gasteiger partial charge is 0.239 e. The molecule has 0 aromatic heterocycles. The van der Waals surface area contributed by atoms with Crippen LogP contribution in [-0.2, 0) is 30.4 Å². The number of amides is 3. The van der Waals surface area contributed by atoms with Gasteiger partial charge in [0.25, 0.3) is 0 Å². The Morgan fingerprint density at radius 1 is 0.886 bits per heavy atom. The van der Waals surface area contributed by atoms with Crippen molar-refractivity contribution in [3.8, 4) is 0 Å². The summed E-state index contributed by atoms with van der Waals surface area (Å²) in [6.07, 6.45) is 0.929. The average Bonchev–Trinajstić information content (AvgIpc) is 2.79. The predicted molar refractivity (Wildman–Crippen MR) is 135 cm³/mol. The molecule has 0 heterocycles. The Balaban J connectivity index is 3.10.